The van der Waals surface area contributed by atoms with Crippen molar-refractivity contribution in [2.75, 3.05) is 17.7 Å². The molecule has 1 aromatic heterocycles. The van der Waals surface area contributed by atoms with Crippen molar-refractivity contribution in [2.24, 2.45) is 5.41 Å². The highest BCUT2D eigenvalue weighted by Crippen LogP contribution is 2.47. The third-order valence-corrected chi connectivity index (χ3v) is 5.99. The Morgan fingerprint density at radius 1 is 0.914 bits per heavy atom. The molecule has 1 heterocycles. The highest BCUT2D eigenvalue weighted by molar-refractivity contribution is 6.16. The van der Waals surface area contributed by atoms with E-state index < -0.39 is 23.0 Å². The molecule has 0 saturated heterocycles. The van der Waals surface area contributed by atoms with Gasteiger partial charge in [-0.1, -0.05) is 12.1 Å². The lowest BCUT2D eigenvalue weighted by molar-refractivity contribution is -0.131. The molecule has 8 heteroatoms. The van der Waals surface area contributed by atoms with Crippen LogP contribution < -0.4 is 20.1 Å². The van der Waals surface area contributed by atoms with Gasteiger partial charge in [0.15, 0.2) is 0 Å². The van der Waals surface area contributed by atoms with Gasteiger partial charge in [-0.15, -0.1) is 0 Å². The zero-order chi connectivity index (χ0) is 24.4. The number of aromatic nitrogens is 1. The number of methoxy groups -OCH3 is 1. The van der Waals surface area contributed by atoms with Crippen LogP contribution in [-0.2, 0) is 9.59 Å². The molecular formula is C27H22FN3O4. The van der Waals surface area contributed by atoms with Crippen LogP contribution in [0, 0.1) is 11.2 Å². The first-order valence-electron chi connectivity index (χ1n) is 11.1. The average Bonchev–Trinajstić information content (AvgIpc) is 3.69. The van der Waals surface area contributed by atoms with Crippen LogP contribution in [0.25, 0.3) is 10.9 Å². The molecule has 0 atom stereocenters. The number of ether oxygens (including phenoxy) is 2. The fraction of sp³-hybridized carbons (Fsp3) is 0.148. The summed E-state index contributed by atoms with van der Waals surface area (Å²) in [5, 5.41) is 6.15. The number of para-hydroxylation sites is 1. The number of anilines is 2. The molecule has 1 saturated carbocycles. The van der Waals surface area contributed by atoms with Gasteiger partial charge in [0.2, 0.25) is 11.8 Å². The first-order valence-corrected chi connectivity index (χ1v) is 11.1. The maximum atomic E-state index is 13.9. The summed E-state index contributed by atoms with van der Waals surface area (Å²) in [6.07, 6.45) is 2.47. The average molecular weight is 471 g/mol. The van der Waals surface area contributed by atoms with Crippen molar-refractivity contribution in [3.05, 3.63) is 84.8 Å². The van der Waals surface area contributed by atoms with Gasteiger partial charge in [0.1, 0.15) is 28.5 Å². The Morgan fingerprint density at radius 3 is 2.34 bits per heavy atom. The van der Waals surface area contributed by atoms with Crippen LogP contribution >= 0.6 is 0 Å². The SMILES string of the molecule is COc1ccc2c(Oc3ccc(NC(=O)C4(C(=O)Nc5ccccc5F)CC4)cc3)ccnc2c1. The summed E-state index contributed by atoms with van der Waals surface area (Å²) in [4.78, 5) is 29.9. The molecule has 7 nitrogen and oxygen atoms in total. The van der Waals surface area contributed by atoms with Crippen molar-refractivity contribution in [1.82, 2.24) is 4.98 Å². The number of fused-ring (bicyclic) bond motifs is 1. The largest absolute Gasteiger partial charge is 0.497 e. The van der Waals surface area contributed by atoms with Crippen LogP contribution in [0.1, 0.15) is 12.8 Å². The van der Waals surface area contributed by atoms with E-state index in [4.69, 9.17) is 9.47 Å². The smallest absolute Gasteiger partial charge is 0.240 e. The van der Waals surface area contributed by atoms with E-state index in [-0.39, 0.29) is 5.69 Å². The summed E-state index contributed by atoms with van der Waals surface area (Å²) < 4.78 is 25.2. The van der Waals surface area contributed by atoms with Gasteiger partial charge in [-0.05, 0) is 67.4 Å². The Bertz CT molecular complexity index is 1420. The second kappa shape index (κ2) is 9.06. The van der Waals surface area contributed by atoms with Crippen LogP contribution in [0.15, 0.2) is 79.0 Å². The van der Waals surface area contributed by atoms with Crippen molar-refractivity contribution in [3.63, 3.8) is 0 Å². The molecule has 35 heavy (non-hydrogen) atoms. The van der Waals surface area contributed by atoms with E-state index in [1.807, 2.05) is 18.2 Å². The molecule has 0 unspecified atom stereocenters. The number of nitrogens with one attached hydrogen (secondary N) is 2. The Labute approximate surface area is 200 Å². The van der Waals surface area contributed by atoms with Crippen LogP contribution in [0.3, 0.4) is 0 Å². The first kappa shape index (κ1) is 22.3. The molecular weight excluding hydrogens is 449 g/mol. The minimum atomic E-state index is -1.20. The summed E-state index contributed by atoms with van der Waals surface area (Å²) >= 11 is 0. The van der Waals surface area contributed by atoms with E-state index >= 15 is 0 Å². The molecule has 176 valence electrons. The minimum Gasteiger partial charge on any atom is -0.497 e. The molecule has 0 radical (unpaired) electrons. The number of carbonyl (C=O) groups is 2. The number of nitrogens with zero attached hydrogens (tertiary/aromatic N) is 1. The first-order chi connectivity index (χ1) is 17.0. The van der Waals surface area contributed by atoms with Crippen molar-refractivity contribution in [1.29, 1.82) is 0 Å². The van der Waals surface area contributed by atoms with E-state index in [2.05, 4.69) is 15.6 Å². The highest BCUT2D eigenvalue weighted by Gasteiger charge is 2.56. The lowest BCUT2D eigenvalue weighted by Crippen LogP contribution is -2.35. The summed E-state index contributed by atoms with van der Waals surface area (Å²) in [5.41, 5.74) is 0.125. The molecule has 4 aromatic rings. The third-order valence-electron chi connectivity index (χ3n) is 5.99. The van der Waals surface area contributed by atoms with E-state index in [9.17, 15) is 14.0 Å². The van der Waals surface area contributed by atoms with Gasteiger partial charge in [0, 0.05) is 23.3 Å². The van der Waals surface area contributed by atoms with E-state index in [0.29, 0.717) is 35.8 Å². The van der Waals surface area contributed by atoms with Crippen molar-refractivity contribution in [3.8, 4) is 17.2 Å². The van der Waals surface area contributed by atoms with Crippen molar-refractivity contribution < 1.29 is 23.5 Å². The van der Waals surface area contributed by atoms with Crippen LogP contribution in [-0.4, -0.2) is 23.9 Å². The van der Waals surface area contributed by atoms with E-state index in [1.165, 1.54) is 18.2 Å². The fourth-order valence-electron chi connectivity index (χ4n) is 3.79. The van der Waals surface area contributed by atoms with E-state index in [0.717, 1.165) is 10.9 Å². The van der Waals surface area contributed by atoms with Gasteiger partial charge in [-0.3, -0.25) is 14.6 Å². The number of hydrogen-bond acceptors (Lipinski definition) is 5. The zero-order valence-electron chi connectivity index (χ0n) is 18.9. The molecule has 1 aliphatic carbocycles. The predicted molar refractivity (Wildman–Crippen MR) is 130 cm³/mol. The normalized spacial score (nSPS) is 13.7. The standard InChI is InChI=1S/C27H22FN3O4/c1-34-19-10-11-20-23(16-19)29-15-12-24(20)35-18-8-6-17(7-9-18)30-25(32)27(13-14-27)26(33)31-22-5-3-2-4-21(22)28/h2-12,15-16H,13-14H2,1H3,(H,30,32)(H,31,33). The second-order valence-corrected chi connectivity index (χ2v) is 8.29. The molecule has 0 bridgehead atoms. The predicted octanol–water partition coefficient (Wildman–Crippen LogP) is 5.53. The third kappa shape index (κ3) is 4.50. The van der Waals surface area contributed by atoms with Crippen molar-refractivity contribution >= 4 is 34.1 Å². The fourth-order valence-corrected chi connectivity index (χ4v) is 3.79. The number of halogens is 1. The van der Waals surface area contributed by atoms with Gasteiger partial charge in [-0.25, -0.2) is 4.39 Å². The van der Waals surface area contributed by atoms with Crippen LogP contribution in [0.5, 0.6) is 17.2 Å². The number of pyridine rings is 1. The number of benzene rings is 3. The van der Waals surface area contributed by atoms with Gasteiger partial charge < -0.3 is 20.1 Å². The molecule has 2 N–H and O–H groups in total. The van der Waals surface area contributed by atoms with E-state index in [1.54, 1.807) is 49.7 Å². The number of carbonyl (C=O) groups excluding carboxylic acids is 2. The Morgan fingerprint density at radius 2 is 1.63 bits per heavy atom. The molecule has 0 spiro atoms. The quantitative estimate of drug-likeness (QED) is 0.346. The summed E-state index contributed by atoms with van der Waals surface area (Å²) in [6.45, 7) is 0. The lowest BCUT2D eigenvalue weighted by atomic mass is 10.0. The van der Waals surface area contributed by atoms with Gasteiger partial charge in [-0.2, -0.15) is 0 Å². The summed E-state index contributed by atoms with van der Waals surface area (Å²) in [5.74, 6) is 0.434. The molecule has 5 rings (SSSR count). The summed E-state index contributed by atoms with van der Waals surface area (Å²) in [7, 11) is 1.60. The van der Waals surface area contributed by atoms with Gasteiger partial charge in [0.25, 0.3) is 0 Å². The van der Waals surface area contributed by atoms with Gasteiger partial charge in [0.05, 0.1) is 18.3 Å². The zero-order valence-corrected chi connectivity index (χ0v) is 18.9. The Balaban J connectivity index is 1.26. The molecule has 1 fully saturated rings. The number of rotatable bonds is 7. The minimum absolute atomic E-state index is 0.0557. The maximum Gasteiger partial charge on any atom is 0.240 e. The topological polar surface area (TPSA) is 89.5 Å². The monoisotopic (exact) mass is 471 g/mol. The second-order valence-electron chi connectivity index (χ2n) is 8.29. The Kier molecular flexibility index (Phi) is 5.78. The van der Waals surface area contributed by atoms with Crippen LogP contribution in [0.2, 0.25) is 0 Å². The molecule has 1 aliphatic rings. The Hall–Kier alpha value is -4.46. The molecule has 2 amide bonds. The maximum absolute atomic E-state index is 13.9. The summed E-state index contributed by atoms with van der Waals surface area (Å²) in [6, 6.07) is 20.0. The molecule has 0 aliphatic heterocycles. The van der Waals surface area contributed by atoms with Gasteiger partial charge >= 0.3 is 0 Å². The lowest BCUT2D eigenvalue weighted by Gasteiger charge is -2.16. The molecule has 3 aromatic carbocycles. The highest BCUT2D eigenvalue weighted by atomic mass is 19.1. The number of hydrogen-bond donors (Lipinski definition) is 2. The van der Waals surface area contributed by atoms with Crippen molar-refractivity contribution in [2.45, 2.75) is 12.8 Å². The number of amides is 2. The van der Waals surface area contributed by atoms with Crippen LogP contribution in [0.4, 0.5) is 15.8 Å².